The second kappa shape index (κ2) is 4.62. The van der Waals surface area contributed by atoms with Crippen LogP contribution in [-0.4, -0.2) is 0 Å². The van der Waals surface area contributed by atoms with E-state index in [2.05, 4.69) is 6.07 Å². The SMILES string of the molecule is FC(F)(F)c1cccc2ccc[c-]c12.[Y]. The monoisotopic (exact) mass is 284 g/mol. The number of alkyl halides is 3. The molecule has 0 saturated heterocycles. The molecular weight excluding hydrogens is 278 g/mol. The number of halogens is 3. The van der Waals surface area contributed by atoms with Gasteiger partial charge in [-0.25, -0.2) is 0 Å². The van der Waals surface area contributed by atoms with Gasteiger partial charge in [0.25, 0.3) is 0 Å². The van der Waals surface area contributed by atoms with Gasteiger partial charge >= 0.3 is 6.18 Å². The molecule has 0 amide bonds. The van der Waals surface area contributed by atoms with Crippen LogP contribution in [0.3, 0.4) is 0 Å². The molecule has 0 spiro atoms. The molecule has 2 aromatic carbocycles. The number of fused-ring (bicyclic) bond motifs is 1. The summed E-state index contributed by atoms with van der Waals surface area (Å²) in [5, 5.41) is 0.685. The van der Waals surface area contributed by atoms with Crippen molar-refractivity contribution in [3.8, 4) is 0 Å². The van der Waals surface area contributed by atoms with E-state index in [0.717, 1.165) is 6.07 Å². The van der Waals surface area contributed by atoms with Crippen LogP contribution in [0, 0.1) is 6.07 Å². The van der Waals surface area contributed by atoms with Crippen molar-refractivity contribution in [1.82, 2.24) is 0 Å². The number of benzene rings is 2. The maximum absolute atomic E-state index is 12.5. The van der Waals surface area contributed by atoms with Crippen LogP contribution in [-0.2, 0) is 38.9 Å². The summed E-state index contributed by atoms with van der Waals surface area (Å²) in [4.78, 5) is 0. The van der Waals surface area contributed by atoms with Gasteiger partial charge in [-0.05, 0) is 5.56 Å². The van der Waals surface area contributed by atoms with Gasteiger partial charge in [-0.15, -0.1) is 35.0 Å². The van der Waals surface area contributed by atoms with Crippen LogP contribution in [0.4, 0.5) is 13.2 Å². The minimum atomic E-state index is -4.31. The summed E-state index contributed by atoms with van der Waals surface area (Å²) in [5.74, 6) is 0. The molecule has 0 aliphatic rings. The van der Waals surface area contributed by atoms with Gasteiger partial charge in [0.15, 0.2) is 0 Å². The first-order chi connectivity index (χ1) is 6.59. The van der Waals surface area contributed by atoms with Crippen LogP contribution < -0.4 is 0 Å². The van der Waals surface area contributed by atoms with E-state index in [1.807, 2.05) is 0 Å². The maximum Gasteiger partial charge on any atom is 0.382 e. The van der Waals surface area contributed by atoms with Gasteiger partial charge in [0.05, 0.1) is 0 Å². The van der Waals surface area contributed by atoms with Gasteiger partial charge in [0, 0.05) is 32.7 Å². The van der Waals surface area contributed by atoms with Crippen LogP contribution in [0.15, 0.2) is 36.4 Å². The fourth-order valence-electron chi connectivity index (χ4n) is 1.39. The molecule has 2 rings (SSSR count). The van der Waals surface area contributed by atoms with E-state index in [-0.39, 0.29) is 38.1 Å². The number of hydrogen-bond donors (Lipinski definition) is 0. The fourth-order valence-corrected chi connectivity index (χ4v) is 1.39. The first-order valence-corrected chi connectivity index (χ1v) is 4.05. The third kappa shape index (κ3) is 2.58. The summed E-state index contributed by atoms with van der Waals surface area (Å²) in [6.07, 6.45) is -4.31. The smallest absolute Gasteiger partial charge is 0.176 e. The van der Waals surface area contributed by atoms with Crippen molar-refractivity contribution in [2.75, 3.05) is 0 Å². The van der Waals surface area contributed by atoms with Crippen molar-refractivity contribution in [3.05, 3.63) is 48.0 Å². The van der Waals surface area contributed by atoms with E-state index in [1.54, 1.807) is 18.2 Å². The van der Waals surface area contributed by atoms with Gasteiger partial charge in [-0.1, -0.05) is 18.2 Å². The third-order valence-corrected chi connectivity index (χ3v) is 2.00. The summed E-state index contributed by atoms with van der Waals surface area (Å²) in [7, 11) is 0. The van der Waals surface area contributed by atoms with Gasteiger partial charge in [-0.2, -0.15) is 13.2 Å². The zero-order valence-corrected chi connectivity index (χ0v) is 10.5. The predicted molar refractivity (Wildman–Crippen MR) is 47.8 cm³/mol. The molecule has 0 heterocycles. The van der Waals surface area contributed by atoms with Gasteiger partial charge in [0.2, 0.25) is 0 Å². The first kappa shape index (κ1) is 12.7. The molecule has 0 aliphatic carbocycles. The molecule has 0 aliphatic heterocycles. The molecule has 4 heteroatoms. The third-order valence-electron chi connectivity index (χ3n) is 2.00. The van der Waals surface area contributed by atoms with E-state index in [1.165, 1.54) is 12.1 Å². The molecule has 1 radical (unpaired) electrons. The molecule has 0 aromatic heterocycles. The Kier molecular flexibility index (Phi) is 3.90. The number of hydrogen-bond acceptors (Lipinski definition) is 0. The van der Waals surface area contributed by atoms with Crippen molar-refractivity contribution in [3.63, 3.8) is 0 Å². The first-order valence-electron chi connectivity index (χ1n) is 4.05. The standard InChI is InChI=1S/C11H6F3.Y/c12-11(13,14)10-7-3-5-8-4-1-2-6-9(8)10;/h1-5,7H;/q-1;. The van der Waals surface area contributed by atoms with E-state index in [9.17, 15) is 13.2 Å². The Labute approximate surface area is 110 Å². The van der Waals surface area contributed by atoms with Crippen molar-refractivity contribution in [2.45, 2.75) is 6.18 Å². The second-order valence-electron chi connectivity index (χ2n) is 2.94. The Balaban J connectivity index is 0.00000112. The fraction of sp³-hybridized carbons (Fsp3) is 0.0909. The molecular formula is C11H6F3Y-. The van der Waals surface area contributed by atoms with Crippen molar-refractivity contribution < 1.29 is 45.9 Å². The van der Waals surface area contributed by atoms with E-state index in [4.69, 9.17) is 0 Å². The Morgan fingerprint density at radius 3 is 2.33 bits per heavy atom. The van der Waals surface area contributed by atoms with Crippen LogP contribution in [0.1, 0.15) is 5.56 Å². The summed E-state index contributed by atoms with van der Waals surface area (Å²) < 4.78 is 37.5. The Morgan fingerprint density at radius 1 is 1.00 bits per heavy atom. The van der Waals surface area contributed by atoms with Crippen molar-refractivity contribution in [1.29, 1.82) is 0 Å². The average Bonchev–Trinajstić information content (AvgIpc) is 2.15. The zero-order chi connectivity index (χ0) is 10.2. The summed E-state index contributed by atoms with van der Waals surface area (Å²) in [6, 6.07) is 11.5. The second-order valence-corrected chi connectivity index (χ2v) is 2.94. The van der Waals surface area contributed by atoms with Crippen LogP contribution in [0.25, 0.3) is 10.8 Å². The minimum Gasteiger partial charge on any atom is -0.176 e. The van der Waals surface area contributed by atoms with Crippen molar-refractivity contribution >= 4 is 10.8 Å². The Hall–Kier alpha value is -0.406. The van der Waals surface area contributed by atoms with Gasteiger partial charge in [0.1, 0.15) is 0 Å². The summed E-state index contributed by atoms with van der Waals surface area (Å²) >= 11 is 0. The molecule has 0 atom stereocenters. The zero-order valence-electron chi connectivity index (χ0n) is 7.68. The molecule has 15 heavy (non-hydrogen) atoms. The molecule has 0 fully saturated rings. The van der Waals surface area contributed by atoms with E-state index in [0.29, 0.717) is 5.39 Å². The molecule has 0 saturated carbocycles. The van der Waals surface area contributed by atoms with E-state index < -0.39 is 11.7 Å². The van der Waals surface area contributed by atoms with Gasteiger partial charge in [-0.3, -0.25) is 0 Å². The minimum absolute atomic E-state index is 0. The largest absolute Gasteiger partial charge is 0.382 e. The normalized spacial score (nSPS) is 11.1. The molecule has 0 nitrogen and oxygen atoms in total. The quantitative estimate of drug-likeness (QED) is 0.648. The topological polar surface area (TPSA) is 0 Å². The molecule has 0 bridgehead atoms. The van der Waals surface area contributed by atoms with E-state index >= 15 is 0 Å². The van der Waals surface area contributed by atoms with Gasteiger partial charge < -0.3 is 0 Å². The van der Waals surface area contributed by atoms with Crippen LogP contribution in [0.2, 0.25) is 0 Å². The molecule has 75 valence electrons. The maximum atomic E-state index is 12.5. The Morgan fingerprint density at radius 2 is 1.67 bits per heavy atom. The molecule has 0 N–H and O–H groups in total. The summed E-state index contributed by atoms with van der Waals surface area (Å²) in [6.45, 7) is 0. The van der Waals surface area contributed by atoms with Crippen molar-refractivity contribution in [2.24, 2.45) is 0 Å². The average molecular weight is 284 g/mol. The number of rotatable bonds is 0. The summed E-state index contributed by atoms with van der Waals surface area (Å²) in [5.41, 5.74) is -0.629. The predicted octanol–water partition coefficient (Wildman–Crippen LogP) is 3.66. The van der Waals surface area contributed by atoms with Crippen LogP contribution >= 0.6 is 0 Å². The Bertz CT molecular complexity index is 457. The molecule has 0 unspecified atom stereocenters. The molecule has 2 aromatic rings. The van der Waals surface area contributed by atoms with Crippen LogP contribution in [0.5, 0.6) is 0 Å².